The van der Waals surface area contributed by atoms with Crippen LogP contribution in [0.5, 0.6) is 0 Å². The van der Waals surface area contributed by atoms with Crippen LogP contribution < -0.4 is 5.32 Å². The van der Waals surface area contributed by atoms with Gasteiger partial charge < -0.3 is 5.32 Å². The van der Waals surface area contributed by atoms with Crippen molar-refractivity contribution in [3.63, 3.8) is 0 Å². The van der Waals surface area contributed by atoms with Gasteiger partial charge in [-0.3, -0.25) is 4.90 Å². The lowest BCUT2D eigenvalue weighted by molar-refractivity contribution is 0.255. The molecule has 2 aliphatic carbocycles. The molecule has 0 amide bonds. The molecule has 2 saturated carbocycles. The molecule has 2 nitrogen and oxygen atoms in total. The van der Waals surface area contributed by atoms with E-state index in [-0.39, 0.29) is 0 Å². The molecule has 1 aliphatic heterocycles. The zero-order valence-electron chi connectivity index (χ0n) is 11.3. The van der Waals surface area contributed by atoms with E-state index >= 15 is 0 Å². The molecule has 0 aromatic rings. The predicted octanol–water partition coefficient (Wildman–Crippen LogP) is 2.78. The van der Waals surface area contributed by atoms with Gasteiger partial charge >= 0.3 is 0 Å². The van der Waals surface area contributed by atoms with E-state index in [0.29, 0.717) is 0 Å². The normalized spacial score (nSPS) is 35.8. The highest BCUT2D eigenvalue weighted by molar-refractivity contribution is 4.95. The fourth-order valence-corrected chi connectivity index (χ4v) is 3.91. The molecule has 0 spiro atoms. The maximum Gasteiger partial charge on any atom is 0.0210 e. The van der Waals surface area contributed by atoms with Crippen molar-refractivity contribution in [3.8, 4) is 0 Å². The summed E-state index contributed by atoms with van der Waals surface area (Å²) in [7, 11) is 0. The van der Waals surface area contributed by atoms with Crippen LogP contribution >= 0.6 is 0 Å². The highest BCUT2D eigenvalue weighted by Gasteiger charge is 2.38. The highest BCUT2D eigenvalue weighted by atomic mass is 15.3. The summed E-state index contributed by atoms with van der Waals surface area (Å²) in [6.45, 7) is 4.99. The Balaban J connectivity index is 1.35. The lowest BCUT2D eigenvalue weighted by Gasteiger charge is -2.20. The first-order chi connectivity index (χ1) is 8.33. The van der Waals surface area contributed by atoms with Gasteiger partial charge in [0.1, 0.15) is 0 Å². The molecular weight excluding hydrogens is 208 g/mol. The number of hydrogen-bond acceptors (Lipinski definition) is 2. The standard InChI is InChI=1S/C15H28N2/c1-12-10-14(11-17(12)15-6-7-15)16-9-8-13-4-2-3-5-13/h12-16H,2-11H2,1H3. The van der Waals surface area contributed by atoms with E-state index in [1.807, 2.05) is 0 Å². The molecule has 17 heavy (non-hydrogen) atoms. The molecule has 2 atom stereocenters. The van der Waals surface area contributed by atoms with Crippen molar-refractivity contribution in [1.82, 2.24) is 10.2 Å². The van der Waals surface area contributed by atoms with Gasteiger partial charge in [-0.1, -0.05) is 25.7 Å². The molecule has 2 heteroatoms. The number of likely N-dealkylation sites (tertiary alicyclic amines) is 1. The van der Waals surface area contributed by atoms with Crippen molar-refractivity contribution in [1.29, 1.82) is 0 Å². The van der Waals surface area contributed by atoms with E-state index in [0.717, 1.165) is 24.0 Å². The number of nitrogens with one attached hydrogen (secondary N) is 1. The van der Waals surface area contributed by atoms with Crippen LogP contribution in [0.15, 0.2) is 0 Å². The average molecular weight is 236 g/mol. The summed E-state index contributed by atoms with van der Waals surface area (Å²) in [4.78, 5) is 2.74. The summed E-state index contributed by atoms with van der Waals surface area (Å²) in [5.41, 5.74) is 0. The van der Waals surface area contributed by atoms with Crippen molar-refractivity contribution in [2.75, 3.05) is 13.1 Å². The van der Waals surface area contributed by atoms with Crippen LogP contribution in [0.3, 0.4) is 0 Å². The Bertz CT molecular complexity index is 243. The second-order valence-electron chi connectivity index (χ2n) is 6.60. The maximum absolute atomic E-state index is 3.81. The molecule has 3 fully saturated rings. The van der Waals surface area contributed by atoms with Gasteiger partial charge in [0.15, 0.2) is 0 Å². The summed E-state index contributed by atoms with van der Waals surface area (Å²) in [6, 6.07) is 2.56. The third kappa shape index (κ3) is 3.03. The first-order valence-corrected chi connectivity index (χ1v) is 7.82. The van der Waals surface area contributed by atoms with E-state index < -0.39 is 0 Å². The third-order valence-electron chi connectivity index (χ3n) is 5.10. The number of rotatable bonds is 5. The molecule has 1 saturated heterocycles. The van der Waals surface area contributed by atoms with Crippen molar-refractivity contribution in [2.24, 2.45) is 5.92 Å². The summed E-state index contributed by atoms with van der Waals surface area (Å²) in [6.07, 6.45) is 11.7. The number of nitrogens with zero attached hydrogens (tertiary/aromatic N) is 1. The highest BCUT2D eigenvalue weighted by Crippen LogP contribution is 2.33. The van der Waals surface area contributed by atoms with Gasteiger partial charge in [-0.05, 0) is 45.1 Å². The monoisotopic (exact) mass is 236 g/mol. The Labute approximate surface area is 106 Å². The van der Waals surface area contributed by atoms with Gasteiger partial charge in [-0.15, -0.1) is 0 Å². The SMILES string of the molecule is CC1CC(NCCC2CCCC2)CN1C1CC1. The summed E-state index contributed by atoms with van der Waals surface area (Å²) < 4.78 is 0. The van der Waals surface area contributed by atoms with Gasteiger partial charge in [0, 0.05) is 24.7 Å². The molecule has 0 aromatic heterocycles. The van der Waals surface area contributed by atoms with Gasteiger partial charge in [0.05, 0.1) is 0 Å². The van der Waals surface area contributed by atoms with Crippen LogP contribution in [-0.2, 0) is 0 Å². The van der Waals surface area contributed by atoms with Crippen LogP contribution in [0.25, 0.3) is 0 Å². The van der Waals surface area contributed by atoms with Gasteiger partial charge in [-0.2, -0.15) is 0 Å². The van der Waals surface area contributed by atoms with E-state index in [1.54, 1.807) is 0 Å². The number of hydrogen-bond donors (Lipinski definition) is 1. The fraction of sp³-hybridized carbons (Fsp3) is 1.00. The summed E-state index contributed by atoms with van der Waals surface area (Å²) >= 11 is 0. The van der Waals surface area contributed by atoms with Crippen molar-refractivity contribution < 1.29 is 0 Å². The Kier molecular flexibility index (Phi) is 3.72. The minimum atomic E-state index is 0.784. The fourth-order valence-electron chi connectivity index (χ4n) is 3.91. The van der Waals surface area contributed by atoms with E-state index in [9.17, 15) is 0 Å². The van der Waals surface area contributed by atoms with Gasteiger partial charge in [0.25, 0.3) is 0 Å². The molecule has 0 bridgehead atoms. The quantitative estimate of drug-likeness (QED) is 0.789. The molecule has 1 N–H and O–H groups in total. The first-order valence-electron chi connectivity index (χ1n) is 7.82. The van der Waals surface area contributed by atoms with E-state index in [4.69, 9.17) is 0 Å². The van der Waals surface area contributed by atoms with Crippen molar-refractivity contribution in [3.05, 3.63) is 0 Å². The lowest BCUT2D eigenvalue weighted by atomic mass is 10.0. The second-order valence-corrected chi connectivity index (χ2v) is 6.60. The molecule has 0 radical (unpaired) electrons. The minimum Gasteiger partial charge on any atom is -0.313 e. The van der Waals surface area contributed by atoms with Crippen LogP contribution in [0.1, 0.15) is 58.3 Å². The average Bonchev–Trinajstić information content (AvgIpc) is 2.89. The minimum absolute atomic E-state index is 0.784. The van der Waals surface area contributed by atoms with Crippen molar-refractivity contribution in [2.45, 2.75) is 76.4 Å². The van der Waals surface area contributed by atoms with Gasteiger partial charge in [-0.25, -0.2) is 0 Å². The van der Waals surface area contributed by atoms with Crippen LogP contribution in [0.4, 0.5) is 0 Å². The Morgan fingerprint density at radius 3 is 2.59 bits per heavy atom. The Hall–Kier alpha value is -0.0800. The van der Waals surface area contributed by atoms with Gasteiger partial charge in [0.2, 0.25) is 0 Å². The van der Waals surface area contributed by atoms with Crippen molar-refractivity contribution >= 4 is 0 Å². The second kappa shape index (κ2) is 5.27. The van der Waals surface area contributed by atoms with E-state index in [1.165, 1.54) is 64.5 Å². The third-order valence-corrected chi connectivity index (χ3v) is 5.10. The molecule has 98 valence electrons. The molecular formula is C15H28N2. The van der Waals surface area contributed by atoms with E-state index in [2.05, 4.69) is 17.1 Å². The summed E-state index contributed by atoms with van der Waals surface area (Å²) in [5.74, 6) is 1.04. The molecule has 0 aromatic carbocycles. The smallest absolute Gasteiger partial charge is 0.0210 e. The first kappa shape index (κ1) is 12.0. The molecule has 3 rings (SSSR count). The topological polar surface area (TPSA) is 15.3 Å². The predicted molar refractivity (Wildman–Crippen MR) is 72.2 cm³/mol. The summed E-state index contributed by atoms with van der Waals surface area (Å²) in [5, 5.41) is 3.81. The zero-order valence-corrected chi connectivity index (χ0v) is 11.3. The molecule has 2 unspecified atom stereocenters. The van der Waals surface area contributed by atoms with Crippen LogP contribution in [0.2, 0.25) is 0 Å². The zero-order chi connectivity index (χ0) is 11.7. The van der Waals surface area contributed by atoms with Crippen LogP contribution in [-0.4, -0.2) is 36.1 Å². The molecule has 3 aliphatic rings. The van der Waals surface area contributed by atoms with Crippen LogP contribution in [0, 0.1) is 5.92 Å². The Morgan fingerprint density at radius 2 is 1.88 bits per heavy atom. The molecule has 1 heterocycles. The largest absolute Gasteiger partial charge is 0.313 e. The maximum atomic E-state index is 3.81. The Morgan fingerprint density at radius 1 is 1.12 bits per heavy atom. The lowest BCUT2D eigenvalue weighted by Crippen LogP contribution is -2.35.